The van der Waals surface area contributed by atoms with E-state index in [0.29, 0.717) is 10.7 Å². The van der Waals surface area contributed by atoms with Crippen LogP contribution in [0.3, 0.4) is 0 Å². The Balaban J connectivity index is 2.04. The molecule has 1 aliphatic carbocycles. The Morgan fingerprint density at radius 3 is 2.61 bits per heavy atom. The Morgan fingerprint density at radius 1 is 1.33 bits per heavy atom. The van der Waals surface area contributed by atoms with Crippen molar-refractivity contribution in [2.75, 3.05) is 5.32 Å². The van der Waals surface area contributed by atoms with Crippen molar-refractivity contribution in [2.24, 2.45) is 0 Å². The average Bonchev–Trinajstić information content (AvgIpc) is 2.26. The number of amides is 2. The highest BCUT2D eigenvalue weighted by molar-refractivity contribution is 6.33. The van der Waals surface area contributed by atoms with Crippen LogP contribution >= 0.6 is 11.6 Å². The number of benzene rings is 1. The maximum Gasteiger partial charge on any atom is 0.335 e. The molecule has 0 heterocycles. The maximum atomic E-state index is 11.6. The summed E-state index contributed by atoms with van der Waals surface area (Å²) < 4.78 is 0. The minimum absolute atomic E-state index is 0.0818. The highest BCUT2D eigenvalue weighted by Gasteiger charge is 2.19. The van der Waals surface area contributed by atoms with Crippen molar-refractivity contribution in [3.63, 3.8) is 0 Å². The van der Waals surface area contributed by atoms with Crippen LogP contribution < -0.4 is 10.6 Å². The predicted molar refractivity (Wildman–Crippen MR) is 68.2 cm³/mol. The van der Waals surface area contributed by atoms with E-state index in [0.717, 1.165) is 19.3 Å². The Labute approximate surface area is 109 Å². The summed E-state index contributed by atoms with van der Waals surface area (Å²) in [4.78, 5) is 22.4. The number of carboxylic acid groups (broad SMARTS) is 1. The number of aromatic carboxylic acids is 1. The summed E-state index contributed by atoms with van der Waals surface area (Å²) in [5.41, 5.74) is 0.381. The molecule has 5 nitrogen and oxygen atoms in total. The van der Waals surface area contributed by atoms with E-state index in [2.05, 4.69) is 10.6 Å². The molecule has 18 heavy (non-hydrogen) atoms. The standard InChI is InChI=1S/C12H13ClN2O3/c13-9-5-4-7(11(16)17)6-10(9)15-12(18)14-8-2-1-3-8/h4-6,8H,1-3H2,(H,16,17)(H2,14,15,18). The zero-order valence-electron chi connectivity index (χ0n) is 9.57. The van der Waals surface area contributed by atoms with E-state index < -0.39 is 5.97 Å². The molecule has 1 aliphatic rings. The first-order valence-electron chi connectivity index (χ1n) is 5.66. The minimum Gasteiger partial charge on any atom is -0.478 e. The lowest BCUT2D eigenvalue weighted by molar-refractivity contribution is 0.0697. The smallest absolute Gasteiger partial charge is 0.335 e. The molecule has 0 aliphatic heterocycles. The van der Waals surface area contributed by atoms with Crippen molar-refractivity contribution in [1.82, 2.24) is 5.32 Å². The second kappa shape index (κ2) is 5.27. The lowest BCUT2D eigenvalue weighted by Gasteiger charge is -2.26. The Hall–Kier alpha value is -1.75. The fourth-order valence-corrected chi connectivity index (χ4v) is 1.82. The Bertz CT molecular complexity index is 486. The van der Waals surface area contributed by atoms with Crippen LogP contribution in [0.4, 0.5) is 10.5 Å². The largest absolute Gasteiger partial charge is 0.478 e. The summed E-state index contributed by atoms with van der Waals surface area (Å²) in [7, 11) is 0. The van der Waals surface area contributed by atoms with Gasteiger partial charge in [-0.1, -0.05) is 11.6 Å². The number of nitrogens with one attached hydrogen (secondary N) is 2. The van der Waals surface area contributed by atoms with E-state index in [-0.39, 0.29) is 17.6 Å². The molecule has 96 valence electrons. The second-order valence-electron chi connectivity index (χ2n) is 4.23. The van der Waals surface area contributed by atoms with Gasteiger partial charge in [0.1, 0.15) is 0 Å². The molecule has 1 saturated carbocycles. The van der Waals surface area contributed by atoms with Crippen molar-refractivity contribution in [1.29, 1.82) is 0 Å². The van der Waals surface area contributed by atoms with Crippen LogP contribution in [0.2, 0.25) is 5.02 Å². The predicted octanol–water partition coefficient (Wildman–Crippen LogP) is 2.71. The van der Waals surface area contributed by atoms with Gasteiger partial charge in [0.25, 0.3) is 0 Å². The average molecular weight is 269 g/mol. The molecule has 0 saturated heterocycles. The molecule has 0 aromatic heterocycles. The third-order valence-corrected chi connectivity index (χ3v) is 3.23. The molecule has 0 bridgehead atoms. The molecule has 2 rings (SSSR count). The van der Waals surface area contributed by atoms with Gasteiger partial charge in [-0.05, 0) is 37.5 Å². The second-order valence-corrected chi connectivity index (χ2v) is 4.63. The fourth-order valence-electron chi connectivity index (χ4n) is 1.65. The molecule has 1 fully saturated rings. The Morgan fingerprint density at radius 2 is 2.06 bits per heavy atom. The first-order chi connectivity index (χ1) is 8.56. The number of carboxylic acids is 1. The van der Waals surface area contributed by atoms with Gasteiger partial charge in [0.2, 0.25) is 0 Å². The molecule has 1 aromatic rings. The molecule has 3 N–H and O–H groups in total. The third kappa shape index (κ3) is 2.92. The number of carbonyl (C=O) groups is 2. The van der Waals surface area contributed by atoms with E-state index in [1.54, 1.807) is 0 Å². The van der Waals surface area contributed by atoms with Crippen LogP contribution in [0.5, 0.6) is 0 Å². The van der Waals surface area contributed by atoms with Crippen LogP contribution in [0.15, 0.2) is 18.2 Å². The van der Waals surface area contributed by atoms with Gasteiger partial charge in [-0.3, -0.25) is 0 Å². The lowest BCUT2D eigenvalue weighted by Crippen LogP contribution is -2.41. The number of hydrogen-bond donors (Lipinski definition) is 3. The summed E-state index contributed by atoms with van der Waals surface area (Å²) in [6.45, 7) is 0. The SMILES string of the molecule is O=C(Nc1cc(C(=O)O)ccc1Cl)NC1CCC1. The van der Waals surface area contributed by atoms with Crippen LogP contribution in [-0.4, -0.2) is 23.1 Å². The normalized spacial score (nSPS) is 14.7. The van der Waals surface area contributed by atoms with Crippen molar-refractivity contribution >= 4 is 29.3 Å². The third-order valence-electron chi connectivity index (χ3n) is 2.90. The van der Waals surface area contributed by atoms with Gasteiger partial charge in [0.15, 0.2) is 0 Å². The van der Waals surface area contributed by atoms with E-state index >= 15 is 0 Å². The molecule has 0 atom stereocenters. The van der Waals surface area contributed by atoms with E-state index in [9.17, 15) is 9.59 Å². The quantitative estimate of drug-likeness (QED) is 0.789. The van der Waals surface area contributed by atoms with Crippen LogP contribution in [-0.2, 0) is 0 Å². The molecular weight excluding hydrogens is 256 g/mol. The van der Waals surface area contributed by atoms with Crippen LogP contribution in [0.1, 0.15) is 29.6 Å². The van der Waals surface area contributed by atoms with Gasteiger partial charge in [0, 0.05) is 6.04 Å². The van der Waals surface area contributed by atoms with Crippen molar-refractivity contribution in [3.8, 4) is 0 Å². The Kier molecular flexibility index (Phi) is 3.72. The van der Waals surface area contributed by atoms with Gasteiger partial charge < -0.3 is 15.7 Å². The van der Waals surface area contributed by atoms with E-state index in [1.807, 2.05) is 0 Å². The molecule has 0 spiro atoms. The first kappa shape index (κ1) is 12.7. The maximum absolute atomic E-state index is 11.6. The lowest BCUT2D eigenvalue weighted by atomic mass is 9.93. The van der Waals surface area contributed by atoms with Crippen LogP contribution in [0, 0.1) is 0 Å². The van der Waals surface area contributed by atoms with Gasteiger partial charge >= 0.3 is 12.0 Å². The monoisotopic (exact) mass is 268 g/mol. The number of carbonyl (C=O) groups excluding carboxylic acids is 1. The van der Waals surface area contributed by atoms with E-state index in [4.69, 9.17) is 16.7 Å². The van der Waals surface area contributed by atoms with Crippen LogP contribution in [0.25, 0.3) is 0 Å². The highest BCUT2D eigenvalue weighted by atomic mass is 35.5. The molecule has 1 aromatic carbocycles. The van der Waals surface area contributed by atoms with Gasteiger partial charge in [0.05, 0.1) is 16.3 Å². The number of rotatable bonds is 3. The molecule has 2 amide bonds. The summed E-state index contributed by atoms with van der Waals surface area (Å²) in [6.07, 6.45) is 3.09. The zero-order chi connectivity index (χ0) is 13.1. The van der Waals surface area contributed by atoms with Gasteiger partial charge in [-0.2, -0.15) is 0 Å². The van der Waals surface area contributed by atoms with E-state index in [1.165, 1.54) is 18.2 Å². The molecule has 0 unspecified atom stereocenters. The summed E-state index contributed by atoms with van der Waals surface area (Å²) in [5, 5.41) is 14.5. The topological polar surface area (TPSA) is 78.4 Å². The molecular formula is C12H13ClN2O3. The van der Waals surface area contributed by atoms with Crippen molar-refractivity contribution < 1.29 is 14.7 Å². The minimum atomic E-state index is -1.06. The number of hydrogen-bond acceptors (Lipinski definition) is 2. The summed E-state index contributed by atoms with van der Waals surface area (Å²) in [5.74, 6) is -1.06. The first-order valence-corrected chi connectivity index (χ1v) is 6.04. The fraction of sp³-hybridized carbons (Fsp3) is 0.333. The zero-order valence-corrected chi connectivity index (χ0v) is 10.3. The van der Waals surface area contributed by atoms with Gasteiger partial charge in [-0.25, -0.2) is 9.59 Å². The molecule has 0 radical (unpaired) electrons. The number of halogens is 1. The summed E-state index contributed by atoms with van der Waals surface area (Å²) >= 11 is 5.89. The highest BCUT2D eigenvalue weighted by Crippen LogP contribution is 2.23. The summed E-state index contributed by atoms with van der Waals surface area (Å²) in [6, 6.07) is 4.03. The number of anilines is 1. The van der Waals surface area contributed by atoms with Crippen molar-refractivity contribution in [3.05, 3.63) is 28.8 Å². The number of urea groups is 1. The molecule has 6 heteroatoms. The van der Waals surface area contributed by atoms with Crippen molar-refractivity contribution in [2.45, 2.75) is 25.3 Å². The van der Waals surface area contributed by atoms with Gasteiger partial charge in [-0.15, -0.1) is 0 Å².